The number of aromatic nitrogens is 3. The van der Waals surface area contributed by atoms with Crippen LogP contribution in [0.2, 0.25) is 0 Å². The quantitative estimate of drug-likeness (QED) is 0.586. The number of hydrogen-bond acceptors (Lipinski definition) is 7. The van der Waals surface area contributed by atoms with Gasteiger partial charge in [0.05, 0.1) is 34.6 Å². The number of methoxy groups -OCH3 is 1. The first-order valence-corrected chi connectivity index (χ1v) is 9.56. The van der Waals surface area contributed by atoms with Crippen molar-refractivity contribution in [3.63, 3.8) is 0 Å². The predicted molar refractivity (Wildman–Crippen MR) is 107 cm³/mol. The first kappa shape index (κ1) is 16.4. The van der Waals surface area contributed by atoms with Gasteiger partial charge in [-0.15, -0.1) is 11.3 Å². The second-order valence-electron chi connectivity index (χ2n) is 6.60. The van der Waals surface area contributed by atoms with Crippen LogP contribution in [0, 0.1) is 6.92 Å². The molecule has 1 unspecified atom stereocenters. The van der Waals surface area contributed by atoms with E-state index in [1.807, 2.05) is 25.2 Å². The van der Waals surface area contributed by atoms with Crippen molar-refractivity contribution in [1.29, 1.82) is 0 Å². The molecule has 1 atom stereocenters. The van der Waals surface area contributed by atoms with Crippen LogP contribution in [0.25, 0.3) is 31.8 Å². The number of ether oxygens (including phenoxy) is 2. The summed E-state index contributed by atoms with van der Waals surface area (Å²) in [5.41, 5.74) is 5.97. The van der Waals surface area contributed by atoms with Crippen molar-refractivity contribution in [2.24, 2.45) is 0 Å². The summed E-state index contributed by atoms with van der Waals surface area (Å²) in [6, 6.07) is 8.18. The molecule has 0 aliphatic carbocycles. The molecule has 3 heterocycles. The number of hydrogen-bond donors (Lipinski definition) is 1. The van der Waals surface area contributed by atoms with E-state index < -0.39 is 0 Å². The molecule has 0 saturated heterocycles. The van der Waals surface area contributed by atoms with E-state index in [9.17, 15) is 0 Å². The highest BCUT2D eigenvalue weighted by Crippen LogP contribution is 2.41. The number of fused-ring (bicyclic) bond motifs is 4. The van der Waals surface area contributed by atoms with Gasteiger partial charge in [0.15, 0.2) is 6.23 Å². The van der Waals surface area contributed by atoms with E-state index in [0.717, 1.165) is 44.9 Å². The van der Waals surface area contributed by atoms with Crippen LogP contribution >= 0.6 is 11.3 Å². The standard InChI is InChI=1S/C20H18N4O2S/c1-10-6-12(18-14(7-10)23-17(25-3)9-22-18)20-24-13-4-5-15-11(19(13)27-20)8-16(21-2)26-15/h4-7,9,16,21H,8H2,1-3H3. The van der Waals surface area contributed by atoms with E-state index in [-0.39, 0.29) is 6.23 Å². The Hall–Kier alpha value is -2.77. The van der Waals surface area contributed by atoms with Crippen LogP contribution in [-0.2, 0) is 6.42 Å². The molecule has 7 heteroatoms. The summed E-state index contributed by atoms with van der Waals surface area (Å²) in [5, 5.41) is 4.13. The third-order valence-electron chi connectivity index (χ3n) is 4.81. The summed E-state index contributed by atoms with van der Waals surface area (Å²) >= 11 is 1.68. The Balaban J connectivity index is 1.70. The average molecular weight is 378 g/mol. The van der Waals surface area contributed by atoms with Crippen molar-refractivity contribution in [1.82, 2.24) is 20.3 Å². The van der Waals surface area contributed by atoms with E-state index in [4.69, 9.17) is 14.5 Å². The third-order valence-corrected chi connectivity index (χ3v) is 5.97. The van der Waals surface area contributed by atoms with Gasteiger partial charge in [0.1, 0.15) is 10.8 Å². The van der Waals surface area contributed by atoms with Crippen molar-refractivity contribution in [2.75, 3.05) is 14.2 Å². The minimum absolute atomic E-state index is 0.0225. The molecule has 1 aliphatic heterocycles. The summed E-state index contributed by atoms with van der Waals surface area (Å²) < 4.78 is 12.3. The van der Waals surface area contributed by atoms with Crippen LogP contribution in [0.4, 0.5) is 0 Å². The van der Waals surface area contributed by atoms with Crippen LogP contribution in [-0.4, -0.2) is 35.3 Å². The zero-order valence-corrected chi connectivity index (χ0v) is 16.1. The first-order chi connectivity index (χ1) is 13.2. The lowest BCUT2D eigenvalue weighted by Crippen LogP contribution is -2.28. The highest BCUT2D eigenvalue weighted by Gasteiger charge is 2.25. The van der Waals surface area contributed by atoms with Gasteiger partial charge in [0, 0.05) is 17.5 Å². The Bertz CT molecular complexity index is 1190. The topological polar surface area (TPSA) is 69.2 Å². The molecule has 2 aromatic heterocycles. The Kier molecular flexibility index (Phi) is 3.73. The zero-order valence-electron chi connectivity index (χ0n) is 15.2. The fraction of sp³-hybridized carbons (Fsp3) is 0.250. The maximum Gasteiger partial charge on any atom is 0.232 e. The lowest BCUT2D eigenvalue weighted by molar-refractivity contribution is 0.203. The van der Waals surface area contributed by atoms with E-state index in [1.54, 1.807) is 24.6 Å². The van der Waals surface area contributed by atoms with Gasteiger partial charge in [-0.25, -0.2) is 15.0 Å². The van der Waals surface area contributed by atoms with Gasteiger partial charge in [-0.05, 0) is 43.8 Å². The highest BCUT2D eigenvalue weighted by atomic mass is 32.1. The molecular weight excluding hydrogens is 360 g/mol. The minimum atomic E-state index is 0.0225. The van der Waals surface area contributed by atoms with Crippen LogP contribution in [0.3, 0.4) is 0 Å². The van der Waals surface area contributed by atoms with Gasteiger partial charge in [0.25, 0.3) is 0 Å². The zero-order chi connectivity index (χ0) is 18.5. The lowest BCUT2D eigenvalue weighted by atomic mass is 10.1. The third kappa shape index (κ3) is 2.62. The smallest absolute Gasteiger partial charge is 0.232 e. The maximum atomic E-state index is 5.93. The van der Waals surface area contributed by atoms with Crippen molar-refractivity contribution in [2.45, 2.75) is 19.6 Å². The molecule has 4 aromatic rings. The van der Waals surface area contributed by atoms with Crippen LogP contribution in [0.1, 0.15) is 11.1 Å². The molecule has 0 bridgehead atoms. The fourth-order valence-corrected chi connectivity index (χ4v) is 4.63. The monoisotopic (exact) mass is 378 g/mol. The number of aryl methyl sites for hydroxylation is 1. The van der Waals surface area contributed by atoms with Crippen LogP contribution in [0.5, 0.6) is 11.6 Å². The first-order valence-electron chi connectivity index (χ1n) is 8.74. The van der Waals surface area contributed by atoms with E-state index >= 15 is 0 Å². The number of nitrogens with zero attached hydrogens (tertiary/aromatic N) is 3. The number of thiazole rings is 1. The van der Waals surface area contributed by atoms with Crippen molar-refractivity contribution >= 4 is 32.6 Å². The molecular formula is C20H18N4O2S. The molecule has 0 saturated carbocycles. The number of benzene rings is 2. The summed E-state index contributed by atoms with van der Waals surface area (Å²) in [6.07, 6.45) is 2.52. The van der Waals surface area contributed by atoms with Crippen LogP contribution < -0.4 is 14.8 Å². The molecule has 1 N–H and O–H groups in total. The molecule has 1 aliphatic rings. The molecule has 27 heavy (non-hydrogen) atoms. The molecule has 5 rings (SSSR count). The van der Waals surface area contributed by atoms with Gasteiger partial charge < -0.3 is 9.47 Å². The normalized spacial score (nSPS) is 15.9. The molecule has 0 fully saturated rings. The Morgan fingerprint density at radius 2 is 2.11 bits per heavy atom. The van der Waals surface area contributed by atoms with Crippen LogP contribution in [0.15, 0.2) is 30.5 Å². The SMILES string of the molecule is CNC1Cc2c(ccc3nc(-c4cc(C)cc5nc(OC)cnc45)sc23)O1. The molecule has 2 aromatic carbocycles. The van der Waals surface area contributed by atoms with Crippen molar-refractivity contribution < 1.29 is 9.47 Å². The van der Waals surface area contributed by atoms with Gasteiger partial charge in [-0.3, -0.25) is 5.32 Å². The fourth-order valence-electron chi connectivity index (χ4n) is 3.50. The van der Waals surface area contributed by atoms with Crippen molar-refractivity contribution in [3.05, 3.63) is 41.6 Å². The summed E-state index contributed by atoms with van der Waals surface area (Å²) in [5.74, 6) is 1.45. The maximum absolute atomic E-state index is 5.93. The molecule has 0 radical (unpaired) electrons. The Labute approximate surface area is 160 Å². The largest absolute Gasteiger partial charge is 0.480 e. The molecule has 0 spiro atoms. The van der Waals surface area contributed by atoms with Gasteiger partial charge >= 0.3 is 0 Å². The lowest BCUT2D eigenvalue weighted by Gasteiger charge is -2.07. The predicted octanol–water partition coefficient (Wildman–Crippen LogP) is 3.70. The second kappa shape index (κ2) is 6.14. The highest BCUT2D eigenvalue weighted by molar-refractivity contribution is 7.22. The summed E-state index contributed by atoms with van der Waals surface area (Å²) in [6.45, 7) is 2.06. The number of likely N-dealkylation sites (N-methyl/N-ethyl adjacent to an activating group) is 1. The average Bonchev–Trinajstić information content (AvgIpc) is 3.29. The summed E-state index contributed by atoms with van der Waals surface area (Å²) in [4.78, 5) is 14.0. The van der Waals surface area contributed by atoms with Gasteiger partial charge in [0.2, 0.25) is 5.88 Å². The summed E-state index contributed by atoms with van der Waals surface area (Å²) in [7, 11) is 3.51. The van der Waals surface area contributed by atoms with E-state index in [1.165, 1.54) is 10.3 Å². The Morgan fingerprint density at radius 3 is 2.93 bits per heavy atom. The van der Waals surface area contributed by atoms with Gasteiger partial charge in [-0.1, -0.05) is 0 Å². The number of nitrogens with one attached hydrogen (secondary N) is 1. The second-order valence-corrected chi connectivity index (χ2v) is 7.60. The van der Waals surface area contributed by atoms with E-state index in [0.29, 0.717) is 5.88 Å². The minimum Gasteiger partial charge on any atom is -0.480 e. The molecule has 0 amide bonds. The molecule has 6 nitrogen and oxygen atoms in total. The van der Waals surface area contributed by atoms with E-state index in [2.05, 4.69) is 28.3 Å². The van der Waals surface area contributed by atoms with Gasteiger partial charge in [-0.2, -0.15) is 0 Å². The Morgan fingerprint density at radius 1 is 1.22 bits per heavy atom. The number of rotatable bonds is 3. The van der Waals surface area contributed by atoms with Crippen molar-refractivity contribution in [3.8, 4) is 22.2 Å². The molecule has 136 valence electrons.